The number of nitrogens with one attached hydrogen (secondary N) is 1. The molecule has 4 rings (SSSR count). The van der Waals surface area contributed by atoms with Crippen molar-refractivity contribution in [3.8, 4) is 0 Å². The van der Waals surface area contributed by atoms with Gasteiger partial charge in [-0.3, -0.25) is 9.59 Å². The van der Waals surface area contributed by atoms with Gasteiger partial charge in [-0.05, 0) is 68.0 Å². The lowest BCUT2D eigenvalue weighted by molar-refractivity contribution is -0.119. The fraction of sp³-hybridized carbons (Fsp3) is 0.333. The van der Waals surface area contributed by atoms with Crippen LogP contribution in [0.15, 0.2) is 30.3 Å². The molecule has 4 nitrogen and oxygen atoms in total. The van der Waals surface area contributed by atoms with Crippen LogP contribution in [0.5, 0.6) is 0 Å². The first-order valence-corrected chi connectivity index (χ1v) is 8.88. The van der Waals surface area contributed by atoms with E-state index in [-0.39, 0.29) is 11.8 Å². The van der Waals surface area contributed by atoms with E-state index in [1.54, 1.807) is 0 Å². The summed E-state index contributed by atoms with van der Waals surface area (Å²) in [4.78, 5) is 26.7. The maximum atomic E-state index is 12.7. The summed E-state index contributed by atoms with van der Waals surface area (Å²) in [7, 11) is 0. The SMILES string of the molecule is Cc1ccc(C(=O)Nc2cc3c4c(c2)CCC(=O)N4CCC3)c(C)c1. The van der Waals surface area contributed by atoms with Gasteiger partial charge in [0, 0.05) is 24.2 Å². The largest absolute Gasteiger partial charge is 0.322 e. The van der Waals surface area contributed by atoms with Crippen molar-refractivity contribution in [1.82, 2.24) is 0 Å². The Balaban J connectivity index is 1.66. The summed E-state index contributed by atoms with van der Waals surface area (Å²) >= 11 is 0. The topological polar surface area (TPSA) is 49.4 Å². The lowest BCUT2D eigenvalue weighted by atomic mass is 9.91. The third-order valence-electron chi connectivity index (χ3n) is 5.16. The summed E-state index contributed by atoms with van der Waals surface area (Å²) in [5.74, 6) is 0.143. The van der Waals surface area contributed by atoms with E-state index in [1.807, 2.05) is 49.1 Å². The normalized spacial score (nSPS) is 15.8. The molecule has 2 aromatic rings. The minimum Gasteiger partial charge on any atom is -0.322 e. The first-order chi connectivity index (χ1) is 12.0. The van der Waals surface area contributed by atoms with Gasteiger partial charge < -0.3 is 10.2 Å². The van der Waals surface area contributed by atoms with Crippen molar-refractivity contribution >= 4 is 23.2 Å². The molecule has 0 unspecified atom stereocenters. The highest BCUT2D eigenvalue weighted by Crippen LogP contribution is 2.38. The van der Waals surface area contributed by atoms with Crippen LogP contribution in [-0.2, 0) is 17.6 Å². The van der Waals surface area contributed by atoms with E-state index in [9.17, 15) is 9.59 Å². The van der Waals surface area contributed by atoms with Crippen LogP contribution in [0.25, 0.3) is 0 Å². The van der Waals surface area contributed by atoms with E-state index in [4.69, 9.17) is 0 Å². The zero-order valence-electron chi connectivity index (χ0n) is 14.7. The standard InChI is InChI=1S/C21H22N2O2/c1-13-5-7-18(14(2)10-13)21(25)22-17-11-15-4-3-9-23-19(24)8-6-16(12-17)20(15)23/h5,7,10-12H,3-4,6,8-9H2,1-2H3,(H,22,25). The summed E-state index contributed by atoms with van der Waals surface area (Å²) in [6.45, 7) is 4.80. The summed E-state index contributed by atoms with van der Waals surface area (Å²) in [5, 5.41) is 3.05. The maximum Gasteiger partial charge on any atom is 0.255 e. The number of carbonyl (C=O) groups is 2. The van der Waals surface area contributed by atoms with E-state index in [0.29, 0.717) is 12.0 Å². The van der Waals surface area contributed by atoms with Gasteiger partial charge in [0.15, 0.2) is 0 Å². The number of hydrogen-bond acceptors (Lipinski definition) is 2. The number of carbonyl (C=O) groups excluding carboxylic acids is 2. The van der Waals surface area contributed by atoms with Gasteiger partial charge in [0.05, 0.1) is 5.69 Å². The minimum atomic E-state index is -0.0794. The molecule has 2 aliphatic rings. The van der Waals surface area contributed by atoms with Gasteiger partial charge in [-0.2, -0.15) is 0 Å². The third-order valence-corrected chi connectivity index (χ3v) is 5.16. The average Bonchev–Trinajstić information content (AvgIpc) is 2.58. The Hall–Kier alpha value is -2.62. The highest BCUT2D eigenvalue weighted by atomic mass is 16.2. The lowest BCUT2D eigenvalue weighted by Gasteiger charge is -2.35. The summed E-state index contributed by atoms with van der Waals surface area (Å²) < 4.78 is 0. The lowest BCUT2D eigenvalue weighted by Crippen LogP contribution is -2.39. The van der Waals surface area contributed by atoms with E-state index >= 15 is 0 Å². The molecule has 2 amide bonds. The van der Waals surface area contributed by atoms with Gasteiger partial charge in [0.1, 0.15) is 0 Å². The van der Waals surface area contributed by atoms with Gasteiger partial charge in [-0.1, -0.05) is 17.7 Å². The molecule has 0 spiro atoms. The second kappa shape index (κ2) is 6.03. The smallest absolute Gasteiger partial charge is 0.255 e. The molecule has 2 aromatic carbocycles. The Morgan fingerprint density at radius 1 is 1.04 bits per heavy atom. The predicted molar refractivity (Wildman–Crippen MR) is 99.3 cm³/mol. The van der Waals surface area contributed by atoms with Crippen LogP contribution in [0.1, 0.15) is 45.5 Å². The highest BCUT2D eigenvalue weighted by molar-refractivity contribution is 6.06. The number of nitrogens with zero attached hydrogens (tertiary/aromatic N) is 1. The van der Waals surface area contributed by atoms with Crippen molar-refractivity contribution in [2.45, 2.75) is 39.5 Å². The van der Waals surface area contributed by atoms with Gasteiger partial charge in [0.2, 0.25) is 5.91 Å². The molecule has 25 heavy (non-hydrogen) atoms. The highest BCUT2D eigenvalue weighted by Gasteiger charge is 2.29. The summed E-state index contributed by atoms with van der Waals surface area (Å²) in [5.41, 5.74) is 7.10. The van der Waals surface area contributed by atoms with Crippen LogP contribution >= 0.6 is 0 Å². The molecule has 2 aliphatic heterocycles. The number of amides is 2. The van der Waals surface area contributed by atoms with E-state index in [1.165, 1.54) is 11.1 Å². The van der Waals surface area contributed by atoms with Crippen molar-refractivity contribution in [2.24, 2.45) is 0 Å². The fourth-order valence-corrected chi connectivity index (χ4v) is 3.99. The van der Waals surface area contributed by atoms with Gasteiger partial charge >= 0.3 is 0 Å². The second-order valence-corrected chi connectivity index (χ2v) is 7.06. The predicted octanol–water partition coefficient (Wildman–Crippen LogP) is 3.78. The molecule has 0 aromatic heterocycles. The molecule has 0 fully saturated rings. The molecule has 4 heteroatoms. The Morgan fingerprint density at radius 3 is 2.56 bits per heavy atom. The molecule has 0 aliphatic carbocycles. The van der Waals surface area contributed by atoms with Crippen molar-refractivity contribution in [3.63, 3.8) is 0 Å². The van der Waals surface area contributed by atoms with Gasteiger partial charge in [-0.25, -0.2) is 0 Å². The molecule has 1 N–H and O–H groups in total. The zero-order chi connectivity index (χ0) is 17.6. The van der Waals surface area contributed by atoms with Crippen LogP contribution in [0.4, 0.5) is 11.4 Å². The number of anilines is 2. The molecule has 128 valence electrons. The number of hydrogen-bond donors (Lipinski definition) is 1. The molecular weight excluding hydrogens is 312 g/mol. The van der Waals surface area contributed by atoms with Crippen molar-refractivity contribution in [1.29, 1.82) is 0 Å². The Bertz CT molecular complexity index is 868. The third kappa shape index (κ3) is 2.82. The first kappa shape index (κ1) is 15.9. The summed E-state index contributed by atoms with van der Waals surface area (Å²) in [6.07, 6.45) is 3.25. The number of aryl methyl sites for hydroxylation is 4. The van der Waals surface area contributed by atoms with Crippen LogP contribution in [-0.4, -0.2) is 18.4 Å². The fourth-order valence-electron chi connectivity index (χ4n) is 3.99. The van der Waals surface area contributed by atoms with E-state index in [2.05, 4.69) is 5.32 Å². The minimum absolute atomic E-state index is 0.0794. The first-order valence-electron chi connectivity index (χ1n) is 8.88. The van der Waals surface area contributed by atoms with Crippen molar-refractivity contribution in [3.05, 3.63) is 58.1 Å². The molecule has 2 heterocycles. The Kier molecular flexibility index (Phi) is 3.83. The number of rotatable bonds is 2. The Morgan fingerprint density at radius 2 is 1.80 bits per heavy atom. The molecule has 0 bridgehead atoms. The quantitative estimate of drug-likeness (QED) is 0.908. The average molecular weight is 334 g/mol. The molecule has 0 saturated carbocycles. The zero-order valence-corrected chi connectivity index (χ0v) is 14.7. The van der Waals surface area contributed by atoms with Gasteiger partial charge in [-0.15, -0.1) is 0 Å². The van der Waals surface area contributed by atoms with Crippen LogP contribution in [0.2, 0.25) is 0 Å². The summed E-state index contributed by atoms with van der Waals surface area (Å²) in [6, 6.07) is 9.93. The number of benzene rings is 2. The second-order valence-electron chi connectivity index (χ2n) is 7.06. The molecule has 0 radical (unpaired) electrons. The molecular formula is C21H22N2O2. The molecule has 0 atom stereocenters. The maximum absolute atomic E-state index is 12.7. The van der Waals surface area contributed by atoms with Gasteiger partial charge in [0.25, 0.3) is 5.91 Å². The van der Waals surface area contributed by atoms with Crippen LogP contribution < -0.4 is 10.2 Å². The van der Waals surface area contributed by atoms with E-state index < -0.39 is 0 Å². The van der Waals surface area contributed by atoms with Crippen molar-refractivity contribution < 1.29 is 9.59 Å². The van der Waals surface area contributed by atoms with Crippen LogP contribution in [0, 0.1) is 13.8 Å². The van der Waals surface area contributed by atoms with E-state index in [0.717, 1.165) is 48.3 Å². The Labute approximate surface area is 147 Å². The molecule has 0 saturated heterocycles. The monoisotopic (exact) mass is 334 g/mol. The van der Waals surface area contributed by atoms with Crippen LogP contribution in [0.3, 0.4) is 0 Å². The van der Waals surface area contributed by atoms with Crippen molar-refractivity contribution in [2.75, 3.05) is 16.8 Å².